The van der Waals surface area contributed by atoms with Gasteiger partial charge in [-0.3, -0.25) is 4.68 Å². The summed E-state index contributed by atoms with van der Waals surface area (Å²) in [5.41, 5.74) is 1.63. The summed E-state index contributed by atoms with van der Waals surface area (Å²) < 4.78 is 1.75. The minimum atomic E-state index is -1.19. The fourth-order valence-electron chi connectivity index (χ4n) is 1.02. The van der Waals surface area contributed by atoms with Crippen molar-refractivity contribution in [2.24, 2.45) is 0 Å². The molecule has 0 radical (unpaired) electrons. The average molecular weight is 179 g/mol. The Balaban J connectivity index is 2.88. The molecule has 1 aromatic heterocycles. The lowest BCUT2D eigenvalue weighted by Gasteiger charge is -1.90. The lowest BCUT2D eigenvalue weighted by molar-refractivity contribution is -0.297. The summed E-state index contributed by atoms with van der Waals surface area (Å²) in [6, 6.07) is 0. The van der Waals surface area contributed by atoms with Crippen LogP contribution in [0.15, 0.2) is 12.3 Å². The SMILES string of the molecule is CCn1cc(/C=C/C(=O)[O-])c(C)n1. The Morgan fingerprint density at radius 3 is 2.92 bits per heavy atom. The molecule has 0 bridgehead atoms. The lowest BCUT2D eigenvalue weighted by atomic mass is 10.2. The van der Waals surface area contributed by atoms with E-state index in [0.717, 1.165) is 23.9 Å². The normalized spacial score (nSPS) is 10.9. The number of carboxylic acids is 1. The highest BCUT2D eigenvalue weighted by Gasteiger charge is 1.98. The number of carbonyl (C=O) groups excluding carboxylic acids is 1. The van der Waals surface area contributed by atoms with Gasteiger partial charge in [-0.15, -0.1) is 0 Å². The molecule has 70 valence electrons. The molecule has 0 saturated carbocycles. The molecule has 0 aliphatic heterocycles. The van der Waals surface area contributed by atoms with Gasteiger partial charge in [0.05, 0.1) is 11.7 Å². The van der Waals surface area contributed by atoms with Crippen molar-refractivity contribution < 1.29 is 9.90 Å². The maximum Gasteiger partial charge on any atom is 0.0666 e. The van der Waals surface area contributed by atoms with Crippen LogP contribution in [-0.2, 0) is 11.3 Å². The van der Waals surface area contributed by atoms with Crippen LogP contribution in [0.25, 0.3) is 6.08 Å². The summed E-state index contributed by atoms with van der Waals surface area (Å²) in [5.74, 6) is -1.19. The minimum absolute atomic E-state index is 0.778. The standard InChI is InChI=1S/C9H12N2O2/c1-3-11-6-8(7(2)10-11)4-5-9(12)13/h4-6H,3H2,1-2H3,(H,12,13)/p-1/b5-4+. The highest BCUT2D eigenvalue weighted by atomic mass is 16.4. The second kappa shape index (κ2) is 3.89. The number of nitrogens with zero attached hydrogens (tertiary/aromatic N) is 2. The van der Waals surface area contributed by atoms with Crippen molar-refractivity contribution in [3.8, 4) is 0 Å². The first kappa shape index (κ1) is 9.51. The van der Waals surface area contributed by atoms with E-state index in [9.17, 15) is 9.90 Å². The van der Waals surface area contributed by atoms with Crippen LogP contribution in [0.2, 0.25) is 0 Å². The van der Waals surface area contributed by atoms with Crippen molar-refractivity contribution in [2.45, 2.75) is 20.4 Å². The Labute approximate surface area is 76.5 Å². The molecule has 4 nitrogen and oxygen atoms in total. The molecule has 1 aromatic rings. The monoisotopic (exact) mass is 179 g/mol. The summed E-state index contributed by atoms with van der Waals surface area (Å²) >= 11 is 0. The average Bonchev–Trinajstić information content (AvgIpc) is 2.43. The molecule has 0 aromatic carbocycles. The Morgan fingerprint density at radius 1 is 1.77 bits per heavy atom. The summed E-state index contributed by atoms with van der Waals surface area (Å²) in [5, 5.41) is 14.3. The van der Waals surface area contributed by atoms with Crippen LogP contribution >= 0.6 is 0 Å². The number of hydrogen-bond acceptors (Lipinski definition) is 3. The van der Waals surface area contributed by atoms with Gasteiger partial charge in [-0.2, -0.15) is 5.10 Å². The third kappa shape index (κ3) is 2.43. The lowest BCUT2D eigenvalue weighted by Crippen LogP contribution is -2.18. The highest BCUT2D eigenvalue weighted by Crippen LogP contribution is 2.07. The predicted octanol–water partition coefficient (Wildman–Crippen LogP) is -0.0255. The third-order valence-electron chi connectivity index (χ3n) is 1.71. The quantitative estimate of drug-likeness (QED) is 0.612. The molecule has 0 atom stereocenters. The summed E-state index contributed by atoms with van der Waals surface area (Å²) in [4.78, 5) is 10.1. The van der Waals surface area contributed by atoms with Crippen LogP contribution in [0.4, 0.5) is 0 Å². The zero-order valence-corrected chi connectivity index (χ0v) is 7.65. The van der Waals surface area contributed by atoms with Crippen LogP contribution < -0.4 is 5.11 Å². The van der Waals surface area contributed by atoms with E-state index in [1.807, 2.05) is 13.8 Å². The minimum Gasteiger partial charge on any atom is -0.545 e. The Hall–Kier alpha value is -1.58. The van der Waals surface area contributed by atoms with Gasteiger partial charge in [0.15, 0.2) is 0 Å². The third-order valence-corrected chi connectivity index (χ3v) is 1.71. The highest BCUT2D eigenvalue weighted by molar-refractivity contribution is 5.83. The molecular weight excluding hydrogens is 168 g/mol. The maximum absolute atomic E-state index is 10.1. The first-order valence-electron chi connectivity index (χ1n) is 4.06. The van der Waals surface area contributed by atoms with Crippen molar-refractivity contribution in [1.29, 1.82) is 0 Å². The maximum atomic E-state index is 10.1. The Bertz CT molecular complexity index is 339. The molecule has 1 heterocycles. The molecule has 0 unspecified atom stereocenters. The fraction of sp³-hybridized carbons (Fsp3) is 0.333. The van der Waals surface area contributed by atoms with Gasteiger partial charge in [-0.1, -0.05) is 0 Å². The van der Waals surface area contributed by atoms with Gasteiger partial charge >= 0.3 is 0 Å². The smallest absolute Gasteiger partial charge is 0.0666 e. The van der Waals surface area contributed by atoms with E-state index in [2.05, 4.69) is 5.10 Å². The van der Waals surface area contributed by atoms with Crippen molar-refractivity contribution in [1.82, 2.24) is 9.78 Å². The van der Waals surface area contributed by atoms with Crippen LogP contribution in [-0.4, -0.2) is 15.7 Å². The summed E-state index contributed by atoms with van der Waals surface area (Å²) in [7, 11) is 0. The van der Waals surface area contributed by atoms with Crippen molar-refractivity contribution in [3.63, 3.8) is 0 Å². The van der Waals surface area contributed by atoms with Crippen LogP contribution in [0, 0.1) is 6.92 Å². The van der Waals surface area contributed by atoms with E-state index in [0.29, 0.717) is 0 Å². The van der Waals surface area contributed by atoms with E-state index >= 15 is 0 Å². The van der Waals surface area contributed by atoms with Gasteiger partial charge in [0.25, 0.3) is 0 Å². The Morgan fingerprint density at radius 2 is 2.46 bits per heavy atom. The molecule has 0 spiro atoms. The van der Waals surface area contributed by atoms with E-state index in [1.54, 1.807) is 10.9 Å². The number of rotatable bonds is 3. The molecule has 0 N–H and O–H groups in total. The van der Waals surface area contributed by atoms with E-state index in [1.165, 1.54) is 6.08 Å². The van der Waals surface area contributed by atoms with Gasteiger partial charge in [0.1, 0.15) is 0 Å². The molecule has 0 fully saturated rings. The van der Waals surface area contributed by atoms with E-state index in [4.69, 9.17) is 0 Å². The van der Waals surface area contributed by atoms with Crippen LogP contribution in [0.1, 0.15) is 18.2 Å². The number of aromatic nitrogens is 2. The zero-order valence-electron chi connectivity index (χ0n) is 7.65. The van der Waals surface area contributed by atoms with E-state index in [-0.39, 0.29) is 0 Å². The number of aryl methyl sites for hydroxylation is 2. The molecule has 1 rings (SSSR count). The molecule has 0 saturated heterocycles. The van der Waals surface area contributed by atoms with Gasteiger partial charge < -0.3 is 9.90 Å². The van der Waals surface area contributed by atoms with Crippen LogP contribution in [0.5, 0.6) is 0 Å². The summed E-state index contributed by atoms with van der Waals surface area (Å²) in [6.45, 7) is 4.58. The number of carbonyl (C=O) groups is 1. The van der Waals surface area contributed by atoms with Gasteiger partial charge in [-0.25, -0.2) is 0 Å². The van der Waals surface area contributed by atoms with Crippen LogP contribution in [0.3, 0.4) is 0 Å². The largest absolute Gasteiger partial charge is 0.545 e. The number of carboxylic acid groups (broad SMARTS) is 1. The molecule has 13 heavy (non-hydrogen) atoms. The van der Waals surface area contributed by atoms with Gasteiger partial charge in [0, 0.05) is 18.3 Å². The molecule has 0 aliphatic carbocycles. The van der Waals surface area contributed by atoms with Gasteiger partial charge in [0.2, 0.25) is 0 Å². The van der Waals surface area contributed by atoms with Gasteiger partial charge in [-0.05, 0) is 26.0 Å². The number of aliphatic carboxylic acids is 1. The second-order valence-corrected chi connectivity index (χ2v) is 2.68. The van der Waals surface area contributed by atoms with Crippen molar-refractivity contribution in [2.75, 3.05) is 0 Å². The molecular formula is C9H11N2O2-. The molecule has 4 heteroatoms. The zero-order chi connectivity index (χ0) is 9.84. The topological polar surface area (TPSA) is 58.0 Å². The first-order valence-corrected chi connectivity index (χ1v) is 4.06. The molecule has 0 aliphatic rings. The van der Waals surface area contributed by atoms with Crippen molar-refractivity contribution in [3.05, 3.63) is 23.5 Å². The van der Waals surface area contributed by atoms with E-state index < -0.39 is 5.97 Å². The molecule has 0 amide bonds. The second-order valence-electron chi connectivity index (χ2n) is 2.68. The number of hydrogen-bond donors (Lipinski definition) is 0. The Kier molecular flexibility index (Phi) is 2.84. The fourth-order valence-corrected chi connectivity index (χ4v) is 1.02. The van der Waals surface area contributed by atoms with Crippen molar-refractivity contribution >= 4 is 12.0 Å². The summed E-state index contributed by atoms with van der Waals surface area (Å²) in [6.07, 6.45) is 4.29. The first-order chi connectivity index (χ1) is 6.13. The predicted molar refractivity (Wildman–Crippen MR) is 46.7 cm³/mol.